The number of esters is 1. The summed E-state index contributed by atoms with van der Waals surface area (Å²) in [6, 6.07) is 0.905. The second-order valence-electron chi connectivity index (χ2n) is 2.88. The molecule has 0 saturated heterocycles. The fraction of sp³-hybridized carbons (Fsp3) is 0.333. The monoisotopic (exact) mass is 250 g/mol. The van der Waals surface area contributed by atoms with Crippen molar-refractivity contribution in [2.24, 2.45) is 0 Å². The highest BCUT2D eigenvalue weighted by molar-refractivity contribution is 6.17. The molecule has 1 aromatic heterocycles. The lowest BCUT2D eigenvalue weighted by molar-refractivity contribution is 0.0601. The largest absolute Gasteiger partial charge is 0.465 e. The maximum Gasteiger partial charge on any atom is 0.340 e. The summed E-state index contributed by atoms with van der Waals surface area (Å²) in [5.74, 6) is -0.954. The Morgan fingerprint density at radius 2 is 2.31 bits per heavy atom. The van der Waals surface area contributed by atoms with Crippen LogP contribution in [0.25, 0.3) is 0 Å². The van der Waals surface area contributed by atoms with E-state index in [4.69, 9.17) is 17.3 Å². The third-order valence-electron chi connectivity index (χ3n) is 1.91. The summed E-state index contributed by atoms with van der Waals surface area (Å²) in [4.78, 5) is 14.8. The number of alkyl halides is 3. The first-order chi connectivity index (χ1) is 7.51. The number of nitrogens with two attached hydrogens (primary N) is 1. The molecule has 4 nitrogen and oxygen atoms in total. The smallest absolute Gasteiger partial charge is 0.340 e. The number of carbonyl (C=O) groups is 1. The van der Waals surface area contributed by atoms with E-state index in [0.717, 1.165) is 13.2 Å². The molecule has 0 aliphatic rings. The summed E-state index contributed by atoms with van der Waals surface area (Å²) in [6.45, 7) is 0. The zero-order valence-electron chi connectivity index (χ0n) is 8.34. The van der Waals surface area contributed by atoms with E-state index in [9.17, 15) is 13.6 Å². The molecule has 0 fully saturated rings. The number of nitrogens with zero attached hydrogens (tertiary/aromatic N) is 1. The average Bonchev–Trinajstić information content (AvgIpc) is 2.28. The van der Waals surface area contributed by atoms with E-state index >= 15 is 0 Å². The number of ether oxygens (including phenoxy) is 1. The molecule has 1 heterocycles. The van der Waals surface area contributed by atoms with Gasteiger partial charge in [-0.25, -0.2) is 18.6 Å². The van der Waals surface area contributed by atoms with Gasteiger partial charge in [0, 0.05) is 0 Å². The zero-order chi connectivity index (χ0) is 12.3. The van der Waals surface area contributed by atoms with Crippen molar-refractivity contribution in [3.63, 3.8) is 0 Å². The molecule has 0 unspecified atom stereocenters. The summed E-state index contributed by atoms with van der Waals surface area (Å²) < 4.78 is 29.3. The zero-order valence-corrected chi connectivity index (χ0v) is 9.09. The third-order valence-corrected chi connectivity index (χ3v) is 2.17. The second kappa shape index (κ2) is 5.07. The van der Waals surface area contributed by atoms with Gasteiger partial charge in [-0.15, -0.1) is 11.6 Å². The summed E-state index contributed by atoms with van der Waals surface area (Å²) in [6.07, 6.45) is -2.80. The molecule has 1 aromatic rings. The number of aromatic nitrogens is 1. The van der Waals surface area contributed by atoms with Gasteiger partial charge < -0.3 is 10.5 Å². The van der Waals surface area contributed by atoms with E-state index in [1.54, 1.807) is 0 Å². The second-order valence-corrected chi connectivity index (χ2v) is 3.15. The van der Waals surface area contributed by atoms with Crippen molar-refractivity contribution >= 4 is 23.3 Å². The van der Waals surface area contributed by atoms with E-state index in [-0.39, 0.29) is 22.8 Å². The Bertz CT molecular complexity index is 413. The van der Waals surface area contributed by atoms with Crippen LogP contribution >= 0.6 is 11.6 Å². The highest BCUT2D eigenvalue weighted by Crippen LogP contribution is 2.25. The Labute approximate surface area is 95.4 Å². The molecule has 1 rings (SSSR count). The minimum Gasteiger partial charge on any atom is -0.465 e. The molecule has 7 heteroatoms. The molecular formula is C9H9ClF2N2O2. The number of hydrogen-bond acceptors (Lipinski definition) is 4. The van der Waals surface area contributed by atoms with Gasteiger partial charge in [0.25, 0.3) is 6.43 Å². The number of halogens is 3. The Hall–Kier alpha value is -1.43. The van der Waals surface area contributed by atoms with E-state index in [1.165, 1.54) is 0 Å². The van der Waals surface area contributed by atoms with Crippen LogP contribution in [0.3, 0.4) is 0 Å². The van der Waals surface area contributed by atoms with E-state index < -0.39 is 18.1 Å². The molecule has 0 radical (unpaired) electrons. The van der Waals surface area contributed by atoms with Gasteiger partial charge in [0.15, 0.2) is 0 Å². The van der Waals surface area contributed by atoms with Crippen LogP contribution in [0.2, 0.25) is 0 Å². The van der Waals surface area contributed by atoms with Crippen molar-refractivity contribution in [1.29, 1.82) is 0 Å². The molecule has 16 heavy (non-hydrogen) atoms. The van der Waals surface area contributed by atoms with Crippen LogP contribution in [0.4, 0.5) is 14.5 Å². The van der Waals surface area contributed by atoms with E-state index in [1.807, 2.05) is 0 Å². The molecule has 0 spiro atoms. The summed E-state index contributed by atoms with van der Waals surface area (Å²) in [5.41, 5.74) is 4.85. The van der Waals surface area contributed by atoms with Crippen LogP contribution in [-0.2, 0) is 10.6 Å². The first-order valence-electron chi connectivity index (χ1n) is 4.23. The van der Waals surface area contributed by atoms with Gasteiger partial charge in [-0.2, -0.15) is 0 Å². The molecule has 0 bridgehead atoms. The van der Waals surface area contributed by atoms with Crippen molar-refractivity contribution in [1.82, 2.24) is 4.98 Å². The summed E-state index contributed by atoms with van der Waals surface area (Å²) >= 11 is 5.49. The van der Waals surface area contributed by atoms with Gasteiger partial charge in [0.1, 0.15) is 5.69 Å². The Balaban J connectivity index is 3.35. The number of anilines is 1. The van der Waals surface area contributed by atoms with Gasteiger partial charge in [0.2, 0.25) is 0 Å². The molecule has 0 aromatic carbocycles. The normalized spacial score (nSPS) is 10.6. The first-order valence-corrected chi connectivity index (χ1v) is 4.76. The summed E-state index contributed by atoms with van der Waals surface area (Å²) in [5, 5.41) is 0. The Kier molecular flexibility index (Phi) is 4.00. The third kappa shape index (κ3) is 2.38. The maximum absolute atomic E-state index is 12.5. The average molecular weight is 251 g/mol. The minimum atomic E-state index is -2.80. The molecule has 0 saturated carbocycles. The highest BCUT2D eigenvalue weighted by atomic mass is 35.5. The maximum atomic E-state index is 12.5. The van der Waals surface area contributed by atoms with Crippen molar-refractivity contribution in [2.75, 3.05) is 12.8 Å². The number of carbonyl (C=O) groups excluding carboxylic acids is 1. The number of nitrogen functional groups attached to an aromatic ring is 1. The molecule has 88 valence electrons. The number of pyridine rings is 1. The lowest BCUT2D eigenvalue weighted by Crippen LogP contribution is -2.11. The summed E-state index contributed by atoms with van der Waals surface area (Å²) in [7, 11) is 1.13. The fourth-order valence-corrected chi connectivity index (χ4v) is 1.33. The molecule has 0 atom stereocenters. The molecule has 0 aliphatic carbocycles. The minimum absolute atomic E-state index is 0.0359. The molecule has 0 amide bonds. The van der Waals surface area contributed by atoms with Crippen molar-refractivity contribution in [2.45, 2.75) is 12.3 Å². The SMILES string of the molecule is COC(=O)c1cc(C(F)F)nc(CCl)c1N. The van der Waals surface area contributed by atoms with Crippen LogP contribution in [0, 0.1) is 0 Å². The predicted octanol–water partition coefficient (Wildman–Crippen LogP) is 2.13. The topological polar surface area (TPSA) is 65.2 Å². The molecular weight excluding hydrogens is 242 g/mol. The lowest BCUT2D eigenvalue weighted by atomic mass is 10.1. The van der Waals surface area contributed by atoms with Crippen LogP contribution < -0.4 is 5.73 Å². The quantitative estimate of drug-likeness (QED) is 0.659. The number of methoxy groups -OCH3 is 1. The first kappa shape index (κ1) is 12.6. The van der Waals surface area contributed by atoms with Crippen LogP contribution in [0.5, 0.6) is 0 Å². The fourth-order valence-electron chi connectivity index (χ4n) is 1.12. The van der Waals surface area contributed by atoms with Gasteiger partial charge >= 0.3 is 5.97 Å². The van der Waals surface area contributed by atoms with Gasteiger partial charge in [-0.1, -0.05) is 0 Å². The standard InChI is InChI=1S/C9H9ClF2N2O2/c1-16-9(15)4-2-5(8(11)12)14-6(3-10)7(4)13/h2,8H,3,13H2,1H3. The van der Waals surface area contributed by atoms with E-state index in [2.05, 4.69) is 9.72 Å². The highest BCUT2D eigenvalue weighted by Gasteiger charge is 2.19. The van der Waals surface area contributed by atoms with Gasteiger partial charge in [-0.3, -0.25) is 0 Å². The number of rotatable bonds is 3. The predicted molar refractivity (Wildman–Crippen MR) is 54.5 cm³/mol. The molecule has 0 aliphatic heterocycles. The van der Waals surface area contributed by atoms with Crippen LogP contribution in [0.1, 0.15) is 28.2 Å². The van der Waals surface area contributed by atoms with Crippen LogP contribution in [-0.4, -0.2) is 18.1 Å². The number of hydrogen-bond donors (Lipinski definition) is 1. The van der Waals surface area contributed by atoms with Gasteiger partial charge in [0.05, 0.1) is 29.9 Å². The van der Waals surface area contributed by atoms with Crippen molar-refractivity contribution in [3.05, 3.63) is 23.0 Å². The van der Waals surface area contributed by atoms with E-state index in [0.29, 0.717) is 0 Å². The Morgan fingerprint density at radius 1 is 1.69 bits per heavy atom. The Morgan fingerprint density at radius 3 is 2.75 bits per heavy atom. The van der Waals surface area contributed by atoms with Crippen molar-refractivity contribution < 1.29 is 18.3 Å². The van der Waals surface area contributed by atoms with Crippen molar-refractivity contribution in [3.8, 4) is 0 Å². The van der Waals surface area contributed by atoms with Crippen LogP contribution in [0.15, 0.2) is 6.07 Å². The molecule has 2 N–H and O–H groups in total. The van der Waals surface area contributed by atoms with Gasteiger partial charge in [-0.05, 0) is 6.07 Å². The lowest BCUT2D eigenvalue weighted by Gasteiger charge is -2.09.